The Kier molecular flexibility index (Phi) is 6.48. The maximum absolute atomic E-state index is 14.0. The lowest BCUT2D eigenvalue weighted by Crippen LogP contribution is -2.52. The summed E-state index contributed by atoms with van der Waals surface area (Å²) in [6, 6.07) is 16.3. The van der Waals surface area contributed by atoms with Crippen LogP contribution in [0.3, 0.4) is 0 Å². The largest absolute Gasteiger partial charge is 0.282 e. The number of anilines is 1. The predicted octanol–water partition coefficient (Wildman–Crippen LogP) is 5.27. The van der Waals surface area contributed by atoms with E-state index < -0.39 is 16.1 Å². The lowest BCUT2D eigenvalue weighted by molar-refractivity contribution is -0.123. The summed E-state index contributed by atoms with van der Waals surface area (Å²) < 4.78 is 42.7. The van der Waals surface area contributed by atoms with Crippen molar-refractivity contribution in [1.82, 2.24) is 9.29 Å². The summed E-state index contributed by atoms with van der Waals surface area (Å²) in [7, 11) is -3.79. The second-order valence-electron chi connectivity index (χ2n) is 8.08. The molecule has 1 atom stereocenters. The van der Waals surface area contributed by atoms with E-state index in [1.54, 1.807) is 28.5 Å². The average molecular weight is 516 g/mol. The molecule has 0 N–H and O–H groups in total. The summed E-state index contributed by atoms with van der Waals surface area (Å²) in [4.78, 5) is 20.1. The van der Waals surface area contributed by atoms with Crippen LogP contribution < -0.4 is 4.90 Å². The molecule has 1 amide bonds. The molecule has 1 aliphatic heterocycles. The third kappa shape index (κ3) is 4.50. The molecule has 3 heterocycles. The molecule has 0 bridgehead atoms. The van der Waals surface area contributed by atoms with Crippen molar-refractivity contribution in [1.29, 1.82) is 0 Å². The third-order valence-corrected chi connectivity index (χ3v) is 10.1. The Morgan fingerprint density at radius 1 is 1.12 bits per heavy atom. The highest BCUT2D eigenvalue weighted by molar-refractivity contribution is 7.91. The molecule has 10 heteroatoms. The first-order valence-corrected chi connectivity index (χ1v) is 14.0. The summed E-state index contributed by atoms with van der Waals surface area (Å²) in [5.41, 5.74) is 1.49. The van der Waals surface area contributed by atoms with Gasteiger partial charge in [0.05, 0.1) is 16.8 Å². The van der Waals surface area contributed by atoms with E-state index in [2.05, 4.69) is 4.98 Å². The van der Waals surface area contributed by atoms with Gasteiger partial charge in [-0.15, -0.1) is 11.3 Å². The fraction of sp³-hybridized carbons (Fsp3) is 0.250. The van der Waals surface area contributed by atoms with Crippen LogP contribution in [0.15, 0.2) is 70.3 Å². The molecule has 2 aromatic heterocycles. The number of hydrogen-bond donors (Lipinski definition) is 0. The van der Waals surface area contributed by atoms with Crippen LogP contribution in [0.1, 0.15) is 24.8 Å². The zero-order valence-corrected chi connectivity index (χ0v) is 20.6. The minimum atomic E-state index is -3.79. The van der Waals surface area contributed by atoms with Crippen LogP contribution >= 0.6 is 22.7 Å². The highest BCUT2D eigenvalue weighted by Gasteiger charge is 2.40. The molecular formula is C24H22FN3O3S3. The summed E-state index contributed by atoms with van der Waals surface area (Å²) in [5, 5.41) is 2.14. The molecule has 1 fully saturated rings. The van der Waals surface area contributed by atoms with Gasteiger partial charge in [0.1, 0.15) is 16.1 Å². The molecule has 34 heavy (non-hydrogen) atoms. The van der Waals surface area contributed by atoms with E-state index in [0.717, 1.165) is 23.3 Å². The van der Waals surface area contributed by atoms with Crippen molar-refractivity contribution in [2.45, 2.75) is 36.1 Å². The Labute approximate surface area is 205 Å². The molecule has 0 aliphatic carbocycles. The van der Waals surface area contributed by atoms with Crippen LogP contribution in [0.2, 0.25) is 0 Å². The van der Waals surface area contributed by atoms with E-state index in [-0.39, 0.29) is 22.5 Å². The number of carbonyl (C=O) groups excluding carboxylic acids is 1. The molecule has 1 unspecified atom stereocenters. The first-order valence-electron chi connectivity index (χ1n) is 10.9. The summed E-state index contributed by atoms with van der Waals surface area (Å²) in [6.45, 7) is 0.534. The molecule has 1 saturated heterocycles. The van der Waals surface area contributed by atoms with E-state index >= 15 is 0 Å². The Morgan fingerprint density at radius 2 is 1.94 bits per heavy atom. The van der Waals surface area contributed by atoms with Crippen molar-refractivity contribution in [3.05, 3.63) is 77.4 Å². The van der Waals surface area contributed by atoms with Crippen LogP contribution in [0.5, 0.6) is 0 Å². The molecule has 5 rings (SSSR count). The summed E-state index contributed by atoms with van der Waals surface area (Å²) in [5.74, 6) is -0.688. The Balaban J connectivity index is 1.54. The zero-order valence-electron chi connectivity index (χ0n) is 18.1. The number of nitrogens with zero attached hydrogens (tertiary/aromatic N) is 3. The Bertz CT molecular complexity index is 1410. The molecule has 1 aliphatic rings. The van der Waals surface area contributed by atoms with Crippen molar-refractivity contribution in [3.63, 3.8) is 0 Å². The van der Waals surface area contributed by atoms with Gasteiger partial charge in [0.15, 0.2) is 5.13 Å². The topological polar surface area (TPSA) is 70.6 Å². The molecular weight excluding hydrogens is 493 g/mol. The quantitative estimate of drug-likeness (QED) is 0.351. The van der Waals surface area contributed by atoms with Gasteiger partial charge < -0.3 is 0 Å². The fourth-order valence-electron chi connectivity index (χ4n) is 4.15. The lowest BCUT2D eigenvalue weighted by atomic mass is 10.0. The molecule has 176 valence electrons. The maximum atomic E-state index is 14.0. The minimum Gasteiger partial charge on any atom is -0.282 e. The van der Waals surface area contributed by atoms with Gasteiger partial charge in [-0.1, -0.05) is 54.2 Å². The average Bonchev–Trinajstić information content (AvgIpc) is 3.53. The van der Waals surface area contributed by atoms with E-state index in [1.165, 1.54) is 27.8 Å². The molecule has 0 saturated carbocycles. The molecule has 4 aromatic rings. The van der Waals surface area contributed by atoms with E-state index in [0.29, 0.717) is 34.7 Å². The minimum absolute atomic E-state index is 0.234. The van der Waals surface area contributed by atoms with E-state index in [1.807, 2.05) is 30.3 Å². The second-order valence-corrected chi connectivity index (χ2v) is 12.2. The van der Waals surface area contributed by atoms with Gasteiger partial charge in [0.25, 0.3) is 10.0 Å². The highest BCUT2D eigenvalue weighted by Crippen LogP contribution is 2.34. The first kappa shape index (κ1) is 23.1. The van der Waals surface area contributed by atoms with Crippen molar-refractivity contribution >= 4 is 54.0 Å². The third-order valence-electron chi connectivity index (χ3n) is 5.82. The van der Waals surface area contributed by atoms with E-state index in [4.69, 9.17) is 0 Å². The zero-order chi connectivity index (χ0) is 23.7. The molecule has 6 nitrogen and oxygen atoms in total. The number of thiazole rings is 1. The number of fused-ring (bicyclic) bond motifs is 1. The number of amides is 1. The highest BCUT2D eigenvalue weighted by atomic mass is 32.2. The monoisotopic (exact) mass is 515 g/mol. The van der Waals surface area contributed by atoms with Gasteiger partial charge in [0.2, 0.25) is 5.91 Å². The van der Waals surface area contributed by atoms with Crippen molar-refractivity contribution in [2.24, 2.45) is 0 Å². The van der Waals surface area contributed by atoms with Gasteiger partial charge >= 0.3 is 0 Å². The van der Waals surface area contributed by atoms with Crippen LogP contribution in [0.4, 0.5) is 9.52 Å². The smallest absolute Gasteiger partial charge is 0.253 e. The molecule has 0 radical (unpaired) electrons. The lowest BCUT2D eigenvalue weighted by Gasteiger charge is -2.35. The normalized spacial score (nSPS) is 17.1. The number of rotatable bonds is 6. The Morgan fingerprint density at radius 3 is 2.71 bits per heavy atom. The first-order chi connectivity index (χ1) is 16.4. The predicted molar refractivity (Wildman–Crippen MR) is 133 cm³/mol. The number of hydrogen-bond acceptors (Lipinski definition) is 6. The van der Waals surface area contributed by atoms with Gasteiger partial charge in [-0.2, -0.15) is 4.31 Å². The number of piperidine rings is 1. The number of halogens is 1. The Hall–Kier alpha value is -2.66. The van der Waals surface area contributed by atoms with Gasteiger partial charge in [-0.3, -0.25) is 9.69 Å². The maximum Gasteiger partial charge on any atom is 0.253 e. The number of aromatic nitrogens is 1. The van der Waals surface area contributed by atoms with Crippen LogP contribution in [0.25, 0.3) is 10.2 Å². The van der Waals surface area contributed by atoms with Crippen molar-refractivity contribution in [2.75, 3.05) is 11.4 Å². The standard InChI is InChI=1S/C24H22FN3O3S3/c25-18-11-12-19-21(15-18)33-24(26-19)27(16-17-7-2-1-3-8-17)23(29)20-9-4-5-13-28(20)34(30,31)22-10-6-14-32-22/h1-3,6-8,10-12,14-15,20H,4-5,9,13,16H2. The molecule has 2 aromatic carbocycles. The van der Waals surface area contributed by atoms with Gasteiger partial charge in [0, 0.05) is 6.54 Å². The number of sulfonamides is 1. The molecule has 0 spiro atoms. The summed E-state index contributed by atoms with van der Waals surface area (Å²) in [6.07, 6.45) is 1.90. The van der Waals surface area contributed by atoms with Gasteiger partial charge in [-0.05, 0) is 48.1 Å². The van der Waals surface area contributed by atoms with Crippen LogP contribution in [-0.4, -0.2) is 36.2 Å². The SMILES string of the molecule is O=C(C1CCCCN1S(=O)(=O)c1cccs1)N(Cc1ccccc1)c1nc2ccc(F)cc2s1. The van der Waals surface area contributed by atoms with Crippen LogP contribution in [0, 0.1) is 5.82 Å². The fourth-order valence-corrected chi connectivity index (χ4v) is 7.92. The van der Waals surface area contributed by atoms with Crippen molar-refractivity contribution < 1.29 is 17.6 Å². The number of benzene rings is 2. The number of thiophene rings is 1. The second kappa shape index (κ2) is 9.53. The van der Waals surface area contributed by atoms with Gasteiger partial charge in [-0.25, -0.2) is 17.8 Å². The van der Waals surface area contributed by atoms with Crippen LogP contribution in [-0.2, 0) is 21.4 Å². The van der Waals surface area contributed by atoms with Crippen molar-refractivity contribution in [3.8, 4) is 0 Å². The van der Waals surface area contributed by atoms with E-state index in [9.17, 15) is 17.6 Å². The summed E-state index contributed by atoms with van der Waals surface area (Å²) >= 11 is 2.37. The number of carbonyl (C=O) groups is 1.